The van der Waals surface area contributed by atoms with Crippen LogP contribution in [0.15, 0.2) is 12.3 Å². The maximum Gasteiger partial charge on any atom is 0.276 e. The second-order valence-electron chi connectivity index (χ2n) is 3.61. The summed E-state index contributed by atoms with van der Waals surface area (Å²) in [6.45, 7) is 3.75. The molecule has 0 saturated heterocycles. The van der Waals surface area contributed by atoms with Crippen LogP contribution < -0.4 is 5.73 Å². The van der Waals surface area contributed by atoms with Crippen LogP contribution in [-0.2, 0) is 0 Å². The van der Waals surface area contributed by atoms with Crippen LogP contribution in [0.4, 0.5) is 5.69 Å². The largest absolute Gasteiger partial charge is 0.504 e. The van der Waals surface area contributed by atoms with Gasteiger partial charge in [0, 0.05) is 19.3 Å². The number of nitrogen functional groups attached to an aromatic ring is 1. The van der Waals surface area contributed by atoms with Gasteiger partial charge in [-0.25, -0.2) is 4.98 Å². The van der Waals surface area contributed by atoms with Crippen molar-refractivity contribution < 1.29 is 9.90 Å². The lowest BCUT2D eigenvalue weighted by molar-refractivity contribution is 0.0746. The molecule has 0 bridgehead atoms. The number of anilines is 1. The highest BCUT2D eigenvalue weighted by atomic mass is 16.3. The third-order valence-corrected chi connectivity index (χ3v) is 2.25. The molecule has 1 aromatic rings. The number of rotatable bonds is 2. The number of amides is 1. The Bertz CT molecular complexity index is 377. The Morgan fingerprint density at radius 2 is 2.20 bits per heavy atom. The lowest BCUT2D eigenvalue weighted by Crippen LogP contribution is -2.33. The number of nitrogens with zero attached hydrogens (tertiary/aromatic N) is 2. The van der Waals surface area contributed by atoms with Crippen molar-refractivity contribution in [2.75, 3.05) is 12.8 Å². The van der Waals surface area contributed by atoms with E-state index in [0.29, 0.717) is 0 Å². The van der Waals surface area contributed by atoms with Gasteiger partial charge in [-0.05, 0) is 19.9 Å². The number of pyridine rings is 1. The van der Waals surface area contributed by atoms with E-state index in [4.69, 9.17) is 5.73 Å². The molecule has 82 valence electrons. The highest BCUT2D eigenvalue weighted by Crippen LogP contribution is 2.23. The quantitative estimate of drug-likeness (QED) is 0.756. The maximum atomic E-state index is 11.8. The summed E-state index contributed by atoms with van der Waals surface area (Å²) in [7, 11) is 1.65. The minimum Gasteiger partial charge on any atom is -0.504 e. The predicted octanol–water partition coefficient (Wildman–Crippen LogP) is 0.850. The summed E-state index contributed by atoms with van der Waals surface area (Å²) < 4.78 is 0. The summed E-state index contributed by atoms with van der Waals surface area (Å²) in [6, 6.07) is 1.49. The van der Waals surface area contributed by atoms with Crippen molar-refractivity contribution in [2.45, 2.75) is 19.9 Å². The zero-order chi connectivity index (χ0) is 11.6. The van der Waals surface area contributed by atoms with Crippen LogP contribution in [0.1, 0.15) is 24.3 Å². The summed E-state index contributed by atoms with van der Waals surface area (Å²) in [4.78, 5) is 17.1. The Hall–Kier alpha value is -1.78. The number of nitrogens with two attached hydrogens (primary N) is 1. The van der Waals surface area contributed by atoms with Gasteiger partial charge in [-0.2, -0.15) is 0 Å². The van der Waals surface area contributed by atoms with E-state index in [1.165, 1.54) is 17.2 Å². The molecular formula is C10H15N3O2. The number of carbonyl (C=O) groups excluding carboxylic acids is 1. The molecule has 15 heavy (non-hydrogen) atoms. The van der Waals surface area contributed by atoms with Gasteiger partial charge in [0.05, 0.1) is 5.69 Å². The van der Waals surface area contributed by atoms with Gasteiger partial charge in [-0.3, -0.25) is 4.79 Å². The van der Waals surface area contributed by atoms with Gasteiger partial charge in [0.1, 0.15) is 0 Å². The van der Waals surface area contributed by atoms with Gasteiger partial charge in [-0.15, -0.1) is 0 Å². The van der Waals surface area contributed by atoms with E-state index >= 15 is 0 Å². The minimum absolute atomic E-state index is 0.00815. The third kappa shape index (κ3) is 2.18. The van der Waals surface area contributed by atoms with Gasteiger partial charge in [0.25, 0.3) is 5.91 Å². The van der Waals surface area contributed by atoms with Crippen LogP contribution in [0.3, 0.4) is 0 Å². The van der Waals surface area contributed by atoms with Crippen LogP contribution in [0.25, 0.3) is 0 Å². The topological polar surface area (TPSA) is 79.5 Å². The van der Waals surface area contributed by atoms with Gasteiger partial charge in [-0.1, -0.05) is 0 Å². The Kier molecular flexibility index (Phi) is 3.14. The van der Waals surface area contributed by atoms with Gasteiger partial charge >= 0.3 is 0 Å². The monoisotopic (exact) mass is 209 g/mol. The van der Waals surface area contributed by atoms with Crippen molar-refractivity contribution >= 4 is 11.6 Å². The van der Waals surface area contributed by atoms with Crippen molar-refractivity contribution in [3.05, 3.63) is 18.0 Å². The summed E-state index contributed by atoms with van der Waals surface area (Å²) in [5, 5.41) is 9.56. The Balaban J connectivity index is 3.07. The van der Waals surface area contributed by atoms with E-state index < -0.39 is 0 Å². The van der Waals surface area contributed by atoms with Crippen molar-refractivity contribution in [1.82, 2.24) is 9.88 Å². The molecule has 1 aromatic heterocycles. The van der Waals surface area contributed by atoms with Crippen LogP contribution in [-0.4, -0.2) is 34.0 Å². The first-order chi connectivity index (χ1) is 6.95. The molecule has 0 fully saturated rings. The third-order valence-electron chi connectivity index (χ3n) is 2.25. The van der Waals surface area contributed by atoms with E-state index in [1.807, 2.05) is 13.8 Å². The van der Waals surface area contributed by atoms with Crippen molar-refractivity contribution in [1.29, 1.82) is 0 Å². The first-order valence-corrected chi connectivity index (χ1v) is 4.65. The molecular weight excluding hydrogens is 194 g/mol. The molecule has 0 unspecified atom stereocenters. The smallest absolute Gasteiger partial charge is 0.276 e. The highest BCUT2D eigenvalue weighted by molar-refractivity contribution is 5.96. The lowest BCUT2D eigenvalue weighted by Gasteiger charge is -2.21. The fourth-order valence-corrected chi connectivity index (χ4v) is 1.03. The highest BCUT2D eigenvalue weighted by Gasteiger charge is 2.20. The molecule has 5 heteroatoms. The number of hydrogen-bond acceptors (Lipinski definition) is 4. The van der Waals surface area contributed by atoms with Crippen LogP contribution in [0.2, 0.25) is 0 Å². The molecule has 0 saturated carbocycles. The summed E-state index contributed by atoms with van der Waals surface area (Å²) in [5.41, 5.74) is 5.62. The van der Waals surface area contributed by atoms with Crippen LogP contribution in [0.5, 0.6) is 5.75 Å². The van der Waals surface area contributed by atoms with Crippen molar-refractivity contribution in [2.24, 2.45) is 0 Å². The number of aromatic nitrogens is 1. The second kappa shape index (κ2) is 4.16. The molecule has 3 N–H and O–H groups in total. The molecule has 0 aromatic carbocycles. The molecule has 0 radical (unpaired) electrons. The molecule has 1 amide bonds. The maximum absolute atomic E-state index is 11.8. The molecule has 1 rings (SSSR count). The van der Waals surface area contributed by atoms with E-state index in [1.54, 1.807) is 7.05 Å². The molecule has 5 nitrogen and oxygen atoms in total. The second-order valence-corrected chi connectivity index (χ2v) is 3.61. The molecule has 0 atom stereocenters. The Labute approximate surface area is 88.5 Å². The summed E-state index contributed by atoms with van der Waals surface area (Å²) >= 11 is 0. The van der Waals surface area contributed by atoms with E-state index in [0.717, 1.165) is 0 Å². The molecule has 0 spiro atoms. The summed E-state index contributed by atoms with van der Waals surface area (Å²) in [6.07, 6.45) is 1.40. The average Bonchev–Trinajstić information content (AvgIpc) is 2.20. The average molecular weight is 209 g/mol. The number of hydrogen-bond donors (Lipinski definition) is 2. The molecule has 0 aliphatic carbocycles. The van der Waals surface area contributed by atoms with E-state index in [2.05, 4.69) is 4.98 Å². The van der Waals surface area contributed by atoms with Gasteiger partial charge < -0.3 is 15.7 Å². The Morgan fingerprint density at radius 1 is 1.60 bits per heavy atom. The molecule has 0 aliphatic rings. The van der Waals surface area contributed by atoms with E-state index in [-0.39, 0.29) is 29.1 Å². The van der Waals surface area contributed by atoms with E-state index in [9.17, 15) is 9.90 Å². The zero-order valence-corrected chi connectivity index (χ0v) is 9.06. The van der Waals surface area contributed by atoms with Crippen molar-refractivity contribution in [3.8, 4) is 5.75 Å². The first-order valence-electron chi connectivity index (χ1n) is 4.65. The van der Waals surface area contributed by atoms with Gasteiger partial charge in [0.15, 0.2) is 11.4 Å². The Morgan fingerprint density at radius 3 is 2.73 bits per heavy atom. The number of carbonyl (C=O) groups is 1. The first kappa shape index (κ1) is 11.3. The van der Waals surface area contributed by atoms with Crippen LogP contribution in [0, 0.1) is 0 Å². The lowest BCUT2D eigenvalue weighted by atomic mass is 10.2. The molecule has 0 aliphatic heterocycles. The SMILES string of the molecule is CC(C)N(C)C(=O)c1nccc(N)c1O. The van der Waals surface area contributed by atoms with Crippen molar-refractivity contribution in [3.63, 3.8) is 0 Å². The zero-order valence-electron chi connectivity index (χ0n) is 9.06. The molecule has 1 heterocycles. The minimum atomic E-state index is -0.338. The van der Waals surface area contributed by atoms with Gasteiger partial charge in [0.2, 0.25) is 0 Å². The number of aromatic hydroxyl groups is 1. The fourth-order valence-electron chi connectivity index (χ4n) is 1.03. The predicted molar refractivity (Wildman–Crippen MR) is 57.5 cm³/mol. The standard InChI is InChI=1S/C10H15N3O2/c1-6(2)13(3)10(15)8-9(14)7(11)4-5-12-8/h4-6,14H,1-3H3,(H2,11,12). The fraction of sp³-hybridized carbons (Fsp3) is 0.400. The van der Waals surface area contributed by atoms with Crippen LogP contribution >= 0.6 is 0 Å². The normalized spacial score (nSPS) is 10.4. The summed E-state index contributed by atoms with van der Waals surface area (Å²) in [5.74, 6) is -0.593.